The molecule has 1 saturated carbocycles. The number of nitriles is 1. The molecule has 0 amide bonds. The Balaban J connectivity index is 1.90. The molecule has 2 rings (SSSR count). The lowest BCUT2D eigenvalue weighted by Gasteiger charge is -2.23. The van der Waals surface area contributed by atoms with Crippen molar-refractivity contribution >= 4 is 11.8 Å². The predicted octanol–water partition coefficient (Wildman–Crippen LogP) is 3.47. The van der Waals surface area contributed by atoms with Crippen LogP contribution in [0.4, 0.5) is 8.78 Å². The molecular weight excluding hydrogens is 266 g/mol. The molecule has 0 aliphatic heterocycles. The highest BCUT2D eigenvalue weighted by Gasteiger charge is 2.39. The number of hydrogen-bond acceptors (Lipinski definition) is 3. The molecule has 102 valence electrons. The van der Waals surface area contributed by atoms with Gasteiger partial charge in [0.1, 0.15) is 17.2 Å². The summed E-state index contributed by atoms with van der Waals surface area (Å²) < 4.78 is 26.4. The van der Waals surface area contributed by atoms with Crippen LogP contribution >= 0.6 is 11.8 Å². The van der Waals surface area contributed by atoms with Crippen molar-refractivity contribution in [3.8, 4) is 6.07 Å². The molecule has 1 aromatic carbocycles. The standard InChI is InChI=1S/C14H16F2N2S/c15-11-3-4-12(16)13(8-11)19-7-5-10-2-1-6-14(10,18)9-17/h3-4,8,10H,1-2,5-7,18H2. The maximum atomic E-state index is 13.4. The van der Waals surface area contributed by atoms with Gasteiger partial charge in [0, 0.05) is 4.90 Å². The number of thioether (sulfide) groups is 1. The van der Waals surface area contributed by atoms with Crippen LogP contribution in [0.15, 0.2) is 23.1 Å². The lowest BCUT2D eigenvalue weighted by Crippen LogP contribution is -2.41. The monoisotopic (exact) mass is 282 g/mol. The van der Waals surface area contributed by atoms with Gasteiger partial charge in [-0.2, -0.15) is 5.26 Å². The van der Waals surface area contributed by atoms with Gasteiger partial charge in [-0.05, 0) is 49.1 Å². The van der Waals surface area contributed by atoms with Crippen molar-refractivity contribution in [2.75, 3.05) is 5.75 Å². The average molecular weight is 282 g/mol. The topological polar surface area (TPSA) is 49.8 Å². The second kappa shape index (κ2) is 5.89. The smallest absolute Gasteiger partial charge is 0.136 e. The van der Waals surface area contributed by atoms with E-state index in [9.17, 15) is 8.78 Å². The van der Waals surface area contributed by atoms with Crippen LogP contribution in [0.1, 0.15) is 25.7 Å². The van der Waals surface area contributed by atoms with E-state index in [4.69, 9.17) is 11.0 Å². The number of hydrogen-bond donors (Lipinski definition) is 1. The molecule has 0 heterocycles. The third-order valence-corrected chi connectivity index (χ3v) is 4.76. The van der Waals surface area contributed by atoms with E-state index < -0.39 is 17.2 Å². The van der Waals surface area contributed by atoms with Crippen LogP contribution in [-0.2, 0) is 0 Å². The fourth-order valence-electron chi connectivity index (χ4n) is 2.55. The Bertz CT molecular complexity index is 501. The number of halogens is 2. The zero-order valence-corrected chi connectivity index (χ0v) is 11.4. The zero-order chi connectivity index (χ0) is 13.9. The van der Waals surface area contributed by atoms with Gasteiger partial charge in [-0.25, -0.2) is 8.78 Å². The van der Waals surface area contributed by atoms with Crippen LogP contribution in [0.3, 0.4) is 0 Å². The van der Waals surface area contributed by atoms with Gasteiger partial charge in [0.05, 0.1) is 6.07 Å². The van der Waals surface area contributed by atoms with Crippen LogP contribution in [0.5, 0.6) is 0 Å². The van der Waals surface area contributed by atoms with Gasteiger partial charge >= 0.3 is 0 Å². The zero-order valence-electron chi connectivity index (χ0n) is 10.5. The first-order valence-electron chi connectivity index (χ1n) is 6.33. The van der Waals surface area contributed by atoms with Crippen molar-refractivity contribution in [1.82, 2.24) is 0 Å². The molecule has 1 fully saturated rings. The second-order valence-electron chi connectivity index (χ2n) is 4.95. The van der Waals surface area contributed by atoms with E-state index in [2.05, 4.69) is 6.07 Å². The van der Waals surface area contributed by atoms with E-state index in [1.807, 2.05) is 0 Å². The SMILES string of the molecule is N#CC1(N)CCCC1CCSc1cc(F)ccc1F. The van der Waals surface area contributed by atoms with Gasteiger partial charge < -0.3 is 5.73 Å². The third-order valence-electron chi connectivity index (χ3n) is 3.70. The quantitative estimate of drug-likeness (QED) is 0.860. The molecule has 2 atom stereocenters. The Kier molecular flexibility index (Phi) is 4.43. The molecule has 2 unspecified atom stereocenters. The van der Waals surface area contributed by atoms with Crippen LogP contribution < -0.4 is 5.73 Å². The highest BCUT2D eigenvalue weighted by atomic mass is 32.2. The van der Waals surface area contributed by atoms with E-state index in [-0.39, 0.29) is 5.92 Å². The molecular formula is C14H16F2N2S. The summed E-state index contributed by atoms with van der Waals surface area (Å²) in [6.07, 6.45) is 3.39. The Morgan fingerprint density at radius 3 is 3.00 bits per heavy atom. The molecule has 0 bridgehead atoms. The van der Waals surface area contributed by atoms with Crippen molar-refractivity contribution in [3.63, 3.8) is 0 Å². The molecule has 0 saturated heterocycles. The Morgan fingerprint density at radius 1 is 1.47 bits per heavy atom. The van der Waals surface area contributed by atoms with Crippen molar-refractivity contribution < 1.29 is 8.78 Å². The summed E-state index contributed by atoms with van der Waals surface area (Å²) >= 11 is 1.28. The van der Waals surface area contributed by atoms with Gasteiger partial charge in [-0.15, -0.1) is 11.8 Å². The fraction of sp³-hybridized carbons (Fsp3) is 0.500. The number of nitrogens with zero attached hydrogens (tertiary/aromatic N) is 1. The van der Waals surface area contributed by atoms with Gasteiger partial charge in [-0.1, -0.05) is 6.42 Å². The van der Waals surface area contributed by atoms with E-state index in [1.54, 1.807) is 0 Å². The Morgan fingerprint density at radius 2 is 2.26 bits per heavy atom. The van der Waals surface area contributed by atoms with Crippen molar-refractivity contribution in [3.05, 3.63) is 29.8 Å². The van der Waals surface area contributed by atoms with Crippen LogP contribution in [0, 0.1) is 28.9 Å². The van der Waals surface area contributed by atoms with E-state index >= 15 is 0 Å². The second-order valence-corrected chi connectivity index (χ2v) is 6.09. The summed E-state index contributed by atoms with van der Waals surface area (Å²) in [4.78, 5) is 0.317. The lowest BCUT2D eigenvalue weighted by molar-refractivity contribution is 0.389. The normalized spacial score (nSPS) is 26.3. The minimum Gasteiger partial charge on any atom is -0.313 e. The Labute approximate surface area is 116 Å². The van der Waals surface area contributed by atoms with Crippen molar-refractivity contribution in [2.45, 2.75) is 36.1 Å². The minimum absolute atomic E-state index is 0.154. The summed E-state index contributed by atoms with van der Waals surface area (Å²) in [5, 5.41) is 9.10. The molecule has 19 heavy (non-hydrogen) atoms. The van der Waals surface area contributed by atoms with E-state index in [1.165, 1.54) is 17.8 Å². The van der Waals surface area contributed by atoms with Gasteiger partial charge in [0.2, 0.25) is 0 Å². The van der Waals surface area contributed by atoms with Crippen LogP contribution in [0.25, 0.3) is 0 Å². The molecule has 2 N–H and O–H groups in total. The summed E-state index contributed by atoms with van der Waals surface area (Å²) in [5.41, 5.74) is 5.30. The summed E-state index contributed by atoms with van der Waals surface area (Å²) in [5.74, 6) is -0.0419. The number of nitrogens with two attached hydrogens (primary N) is 1. The van der Waals surface area contributed by atoms with Crippen LogP contribution in [-0.4, -0.2) is 11.3 Å². The maximum Gasteiger partial charge on any atom is 0.136 e. The van der Waals surface area contributed by atoms with Gasteiger partial charge in [0.15, 0.2) is 0 Å². The number of rotatable bonds is 4. The van der Waals surface area contributed by atoms with E-state index in [0.717, 1.165) is 37.8 Å². The van der Waals surface area contributed by atoms with Crippen molar-refractivity contribution in [1.29, 1.82) is 5.26 Å². The highest BCUT2D eigenvalue weighted by molar-refractivity contribution is 7.99. The lowest BCUT2D eigenvalue weighted by atomic mass is 9.88. The molecule has 0 spiro atoms. The van der Waals surface area contributed by atoms with Crippen LogP contribution in [0.2, 0.25) is 0 Å². The molecule has 2 nitrogen and oxygen atoms in total. The summed E-state index contributed by atoms with van der Waals surface area (Å²) in [7, 11) is 0. The first-order chi connectivity index (χ1) is 9.05. The molecule has 5 heteroatoms. The first kappa shape index (κ1) is 14.3. The summed E-state index contributed by atoms with van der Waals surface area (Å²) in [6, 6.07) is 5.64. The third kappa shape index (κ3) is 3.26. The fourth-order valence-corrected chi connectivity index (χ4v) is 3.57. The van der Waals surface area contributed by atoms with Gasteiger partial charge in [0.25, 0.3) is 0 Å². The Hall–Kier alpha value is -1.12. The number of benzene rings is 1. The molecule has 1 aromatic rings. The van der Waals surface area contributed by atoms with E-state index in [0.29, 0.717) is 10.6 Å². The average Bonchev–Trinajstić information content (AvgIpc) is 2.76. The van der Waals surface area contributed by atoms with Gasteiger partial charge in [-0.3, -0.25) is 0 Å². The molecule has 1 aliphatic carbocycles. The maximum absolute atomic E-state index is 13.4. The van der Waals surface area contributed by atoms with Crippen molar-refractivity contribution in [2.24, 2.45) is 11.7 Å². The summed E-state index contributed by atoms with van der Waals surface area (Å²) in [6.45, 7) is 0. The largest absolute Gasteiger partial charge is 0.313 e. The molecule has 0 aromatic heterocycles. The molecule has 0 radical (unpaired) electrons. The highest BCUT2D eigenvalue weighted by Crippen LogP contribution is 2.37. The first-order valence-corrected chi connectivity index (χ1v) is 7.32. The minimum atomic E-state index is -0.735. The molecule has 1 aliphatic rings. The predicted molar refractivity (Wildman–Crippen MR) is 71.6 cm³/mol.